The molecule has 114 valence electrons. The first-order valence-electron chi connectivity index (χ1n) is 7.43. The standard InChI is InChI=1S/C14H26BrN5/c1-4-7-17-14-18-11-12(15)13(19-14)16-8-10-20(6-3)9-5-2/h11H,4-10H2,1-3H3,(H2,16,17,18,19). The molecule has 0 fully saturated rings. The van der Waals surface area contributed by atoms with E-state index in [2.05, 4.69) is 62.2 Å². The Hall–Kier alpha value is -0.880. The van der Waals surface area contributed by atoms with Crippen LogP contribution in [0.1, 0.15) is 33.6 Å². The van der Waals surface area contributed by atoms with Crippen molar-refractivity contribution >= 4 is 27.7 Å². The third-order valence-corrected chi connectivity index (χ3v) is 3.57. The van der Waals surface area contributed by atoms with Crippen LogP contribution in [0.15, 0.2) is 10.7 Å². The van der Waals surface area contributed by atoms with Crippen LogP contribution in [0.3, 0.4) is 0 Å². The van der Waals surface area contributed by atoms with Gasteiger partial charge in [-0.3, -0.25) is 0 Å². The summed E-state index contributed by atoms with van der Waals surface area (Å²) in [7, 11) is 0. The van der Waals surface area contributed by atoms with Gasteiger partial charge in [-0.25, -0.2) is 4.98 Å². The molecule has 0 radical (unpaired) electrons. The number of anilines is 2. The summed E-state index contributed by atoms with van der Waals surface area (Å²) in [5.74, 6) is 1.53. The molecule has 6 heteroatoms. The molecule has 1 aromatic rings. The first-order valence-corrected chi connectivity index (χ1v) is 8.23. The third kappa shape index (κ3) is 6.05. The molecule has 0 aliphatic heterocycles. The maximum atomic E-state index is 4.48. The Morgan fingerprint density at radius 1 is 1.10 bits per heavy atom. The van der Waals surface area contributed by atoms with E-state index in [-0.39, 0.29) is 0 Å². The van der Waals surface area contributed by atoms with Crippen molar-refractivity contribution in [3.63, 3.8) is 0 Å². The topological polar surface area (TPSA) is 53.1 Å². The summed E-state index contributed by atoms with van der Waals surface area (Å²) in [6.45, 7) is 11.6. The van der Waals surface area contributed by atoms with Crippen molar-refractivity contribution in [2.24, 2.45) is 0 Å². The predicted octanol–water partition coefficient (Wildman–Crippen LogP) is 3.20. The summed E-state index contributed by atoms with van der Waals surface area (Å²) in [5, 5.41) is 6.57. The van der Waals surface area contributed by atoms with Crippen LogP contribution in [0.25, 0.3) is 0 Å². The van der Waals surface area contributed by atoms with Crippen LogP contribution in [-0.4, -0.2) is 47.6 Å². The molecule has 0 aromatic carbocycles. The quantitative estimate of drug-likeness (QED) is 0.683. The minimum Gasteiger partial charge on any atom is -0.368 e. The van der Waals surface area contributed by atoms with Crippen LogP contribution in [0.2, 0.25) is 0 Å². The highest BCUT2D eigenvalue weighted by molar-refractivity contribution is 9.10. The van der Waals surface area contributed by atoms with E-state index < -0.39 is 0 Å². The van der Waals surface area contributed by atoms with E-state index in [1.807, 2.05) is 0 Å². The minimum atomic E-state index is 0.679. The molecule has 0 saturated carbocycles. The van der Waals surface area contributed by atoms with Crippen molar-refractivity contribution in [3.8, 4) is 0 Å². The van der Waals surface area contributed by atoms with E-state index in [0.29, 0.717) is 5.95 Å². The van der Waals surface area contributed by atoms with E-state index in [4.69, 9.17) is 0 Å². The molecule has 0 amide bonds. The monoisotopic (exact) mass is 343 g/mol. The molecule has 1 aromatic heterocycles. The second-order valence-electron chi connectivity index (χ2n) is 4.68. The van der Waals surface area contributed by atoms with Crippen molar-refractivity contribution in [1.29, 1.82) is 0 Å². The molecule has 0 saturated heterocycles. The molecule has 2 N–H and O–H groups in total. The SMILES string of the molecule is CCCNc1ncc(Br)c(NCCN(CC)CCC)n1. The highest BCUT2D eigenvalue weighted by atomic mass is 79.9. The summed E-state index contributed by atoms with van der Waals surface area (Å²) in [6.07, 6.45) is 4.04. The summed E-state index contributed by atoms with van der Waals surface area (Å²) < 4.78 is 0.901. The molecule has 5 nitrogen and oxygen atoms in total. The first-order chi connectivity index (χ1) is 9.71. The lowest BCUT2D eigenvalue weighted by Gasteiger charge is -2.20. The zero-order valence-corrected chi connectivity index (χ0v) is 14.3. The largest absolute Gasteiger partial charge is 0.368 e. The Balaban J connectivity index is 2.49. The molecular formula is C14H26BrN5. The average molecular weight is 344 g/mol. The second-order valence-corrected chi connectivity index (χ2v) is 5.53. The third-order valence-electron chi connectivity index (χ3n) is 2.98. The summed E-state index contributed by atoms with van der Waals surface area (Å²) in [6, 6.07) is 0. The normalized spacial score (nSPS) is 10.8. The Morgan fingerprint density at radius 3 is 2.55 bits per heavy atom. The van der Waals surface area contributed by atoms with Gasteiger partial charge in [-0.05, 0) is 41.9 Å². The molecule has 1 rings (SSSR count). The summed E-state index contributed by atoms with van der Waals surface area (Å²) in [4.78, 5) is 11.2. The summed E-state index contributed by atoms with van der Waals surface area (Å²) >= 11 is 3.48. The fraction of sp³-hybridized carbons (Fsp3) is 0.714. The van der Waals surface area contributed by atoms with Crippen LogP contribution < -0.4 is 10.6 Å². The zero-order valence-electron chi connectivity index (χ0n) is 12.7. The predicted molar refractivity (Wildman–Crippen MR) is 89.4 cm³/mol. The molecular weight excluding hydrogens is 318 g/mol. The van der Waals surface area contributed by atoms with E-state index in [1.54, 1.807) is 6.20 Å². The Kier molecular flexibility index (Phi) is 8.53. The molecule has 0 bridgehead atoms. The lowest BCUT2D eigenvalue weighted by Crippen LogP contribution is -2.29. The van der Waals surface area contributed by atoms with E-state index in [0.717, 1.165) is 49.4 Å². The van der Waals surface area contributed by atoms with Gasteiger partial charge < -0.3 is 15.5 Å². The van der Waals surface area contributed by atoms with E-state index in [9.17, 15) is 0 Å². The molecule has 0 unspecified atom stereocenters. The fourth-order valence-electron chi connectivity index (χ4n) is 1.89. The maximum Gasteiger partial charge on any atom is 0.224 e. The Bertz CT molecular complexity index is 386. The number of likely N-dealkylation sites (N-methyl/N-ethyl adjacent to an activating group) is 1. The minimum absolute atomic E-state index is 0.679. The number of nitrogens with one attached hydrogen (secondary N) is 2. The van der Waals surface area contributed by atoms with Gasteiger partial charge in [-0.1, -0.05) is 20.8 Å². The van der Waals surface area contributed by atoms with Gasteiger partial charge in [0.05, 0.1) is 4.47 Å². The lowest BCUT2D eigenvalue weighted by molar-refractivity contribution is 0.300. The lowest BCUT2D eigenvalue weighted by atomic mass is 10.4. The van der Waals surface area contributed by atoms with Crippen LogP contribution in [0.5, 0.6) is 0 Å². The number of hydrogen-bond acceptors (Lipinski definition) is 5. The van der Waals surface area contributed by atoms with Gasteiger partial charge in [0.25, 0.3) is 0 Å². The van der Waals surface area contributed by atoms with Crippen LogP contribution in [-0.2, 0) is 0 Å². The molecule has 0 spiro atoms. The summed E-state index contributed by atoms with van der Waals surface area (Å²) in [5.41, 5.74) is 0. The van der Waals surface area contributed by atoms with Gasteiger partial charge >= 0.3 is 0 Å². The molecule has 0 aliphatic rings. The highest BCUT2D eigenvalue weighted by Crippen LogP contribution is 2.19. The number of nitrogens with zero attached hydrogens (tertiary/aromatic N) is 3. The molecule has 20 heavy (non-hydrogen) atoms. The highest BCUT2D eigenvalue weighted by Gasteiger charge is 2.05. The van der Waals surface area contributed by atoms with Gasteiger partial charge in [-0.2, -0.15) is 4.98 Å². The number of hydrogen-bond donors (Lipinski definition) is 2. The van der Waals surface area contributed by atoms with Crippen molar-refractivity contribution in [3.05, 3.63) is 10.7 Å². The van der Waals surface area contributed by atoms with E-state index >= 15 is 0 Å². The van der Waals surface area contributed by atoms with Crippen molar-refractivity contribution in [1.82, 2.24) is 14.9 Å². The first kappa shape index (κ1) is 17.2. The fourth-order valence-corrected chi connectivity index (χ4v) is 2.22. The number of halogens is 1. The number of rotatable bonds is 10. The second kappa shape index (κ2) is 9.94. The van der Waals surface area contributed by atoms with Gasteiger partial charge in [0.2, 0.25) is 5.95 Å². The van der Waals surface area contributed by atoms with Gasteiger partial charge in [0.1, 0.15) is 5.82 Å². The van der Waals surface area contributed by atoms with Gasteiger partial charge in [-0.15, -0.1) is 0 Å². The van der Waals surface area contributed by atoms with Crippen molar-refractivity contribution in [2.45, 2.75) is 33.6 Å². The average Bonchev–Trinajstić information content (AvgIpc) is 2.46. The maximum absolute atomic E-state index is 4.48. The van der Waals surface area contributed by atoms with Gasteiger partial charge in [0, 0.05) is 25.8 Å². The molecule has 0 atom stereocenters. The molecule has 1 heterocycles. The van der Waals surface area contributed by atoms with E-state index in [1.165, 1.54) is 6.42 Å². The molecule has 0 aliphatic carbocycles. The van der Waals surface area contributed by atoms with Crippen LogP contribution >= 0.6 is 15.9 Å². The van der Waals surface area contributed by atoms with Crippen LogP contribution in [0.4, 0.5) is 11.8 Å². The Morgan fingerprint density at radius 2 is 1.90 bits per heavy atom. The van der Waals surface area contributed by atoms with Crippen molar-refractivity contribution < 1.29 is 0 Å². The van der Waals surface area contributed by atoms with Crippen molar-refractivity contribution in [2.75, 3.05) is 43.4 Å². The zero-order chi connectivity index (χ0) is 14.8. The number of aromatic nitrogens is 2. The van der Waals surface area contributed by atoms with Crippen LogP contribution in [0, 0.1) is 0 Å². The Labute approximate surface area is 130 Å². The van der Waals surface area contributed by atoms with Gasteiger partial charge in [0.15, 0.2) is 0 Å². The smallest absolute Gasteiger partial charge is 0.224 e.